The number of aromatic nitrogens is 1. The van der Waals surface area contributed by atoms with Gasteiger partial charge in [-0.05, 0) is 37.1 Å². The van der Waals surface area contributed by atoms with Gasteiger partial charge in [0.15, 0.2) is 0 Å². The molecule has 0 spiro atoms. The normalized spacial score (nSPS) is 9.89. The van der Waals surface area contributed by atoms with Crippen molar-refractivity contribution in [3.63, 3.8) is 0 Å². The molecule has 90 valence electrons. The van der Waals surface area contributed by atoms with Gasteiger partial charge < -0.3 is 5.32 Å². The van der Waals surface area contributed by atoms with Gasteiger partial charge in [-0.25, -0.2) is 4.98 Å². The maximum atomic E-state index is 9.14. The Kier molecular flexibility index (Phi) is 3.50. The zero-order valence-electron chi connectivity index (χ0n) is 10.2. The standard InChI is InChI=1S/C14H12ClN3/c1-9-6-7-17-14(11(9)8-16)18-12-5-3-4-10(2)13(12)15/h3-7H,1-2H3,(H,17,18). The Bertz CT molecular complexity index is 629. The van der Waals surface area contributed by atoms with Crippen molar-refractivity contribution in [1.82, 2.24) is 4.98 Å². The minimum atomic E-state index is 0.532. The van der Waals surface area contributed by atoms with Crippen LogP contribution >= 0.6 is 11.6 Å². The minimum absolute atomic E-state index is 0.532. The Morgan fingerprint density at radius 3 is 2.72 bits per heavy atom. The maximum absolute atomic E-state index is 9.14. The molecule has 3 nitrogen and oxygen atoms in total. The molecule has 0 unspecified atom stereocenters. The lowest BCUT2D eigenvalue weighted by atomic mass is 10.1. The van der Waals surface area contributed by atoms with Crippen molar-refractivity contribution >= 4 is 23.1 Å². The lowest BCUT2D eigenvalue weighted by molar-refractivity contribution is 1.24. The van der Waals surface area contributed by atoms with Crippen molar-refractivity contribution in [2.24, 2.45) is 0 Å². The highest BCUT2D eigenvalue weighted by Crippen LogP contribution is 2.29. The largest absolute Gasteiger partial charge is 0.338 e. The van der Waals surface area contributed by atoms with E-state index in [1.54, 1.807) is 6.20 Å². The molecule has 1 aromatic heterocycles. The number of anilines is 2. The number of rotatable bonds is 2. The molecule has 4 heteroatoms. The molecule has 1 aromatic carbocycles. The summed E-state index contributed by atoms with van der Waals surface area (Å²) >= 11 is 6.21. The monoisotopic (exact) mass is 257 g/mol. The zero-order chi connectivity index (χ0) is 13.1. The zero-order valence-corrected chi connectivity index (χ0v) is 10.9. The third kappa shape index (κ3) is 2.29. The third-order valence-corrected chi connectivity index (χ3v) is 3.22. The summed E-state index contributed by atoms with van der Waals surface area (Å²) in [6.45, 7) is 3.81. The first kappa shape index (κ1) is 12.4. The highest BCUT2D eigenvalue weighted by molar-refractivity contribution is 6.34. The van der Waals surface area contributed by atoms with Crippen LogP contribution in [0, 0.1) is 25.2 Å². The van der Waals surface area contributed by atoms with Gasteiger partial charge in [-0.15, -0.1) is 0 Å². The molecule has 18 heavy (non-hydrogen) atoms. The Labute approximate surface area is 111 Å². The van der Waals surface area contributed by atoms with Crippen LogP contribution in [0.25, 0.3) is 0 Å². The van der Waals surface area contributed by atoms with E-state index in [0.717, 1.165) is 16.8 Å². The molecule has 0 atom stereocenters. The van der Waals surface area contributed by atoms with Crippen LogP contribution in [-0.2, 0) is 0 Å². The molecule has 0 saturated carbocycles. The summed E-state index contributed by atoms with van der Waals surface area (Å²) in [4.78, 5) is 4.18. The number of hydrogen-bond donors (Lipinski definition) is 1. The first-order valence-electron chi connectivity index (χ1n) is 5.51. The lowest BCUT2D eigenvalue weighted by Crippen LogP contribution is -1.99. The molecule has 2 rings (SSSR count). The molecular weight excluding hydrogens is 246 g/mol. The molecule has 1 N–H and O–H groups in total. The average molecular weight is 258 g/mol. The Morgan fingerprint density at radius 2 is 2.00 bits per heavy atom. The van der Waals surface area contributed by atoms with Crippen LogP contribution in [0.4, 0.5) is 11.5 Å². The number of nitriles is 1. The van der Waals surface area contributed by atoms with Crippen molar-refractivity contribution in [2.45, 2.75) is 13.8 Å². The second-order valence-electron chi connectivity index (χ2n) is 4.02. The quantitative estimate of drug-likeness (QED) is 0.886. The van der Waals surface area contributed by atoms with E-state index in [4.69, 9.17) is 16.9 Å². The fourth-order valence-corrected chi connectivity index (χ4v) is 1.84. The first-order valence-corrected chi connectivity index (χ1v) is 5.89. The van der Waals surface area contributed by atoms with Crippen molar-refractivity contribution in [3.8, 4) is 6.07 Å². The number of pyridine rings is 1. The minimum Gasteiger partial charge on any atom is -0.338 e. The molecule has 0 fully saturated rings. The lowest BCUT2D eigenvalue weighted by Gasteiger charge is -2.11. The number of nitrogens with one attached hydrogen (secondary N) is 1. The van der Waals surface area contributed by atoms with E-state index < -0.39 is 0 Å². The molecule has 0 saturated heterocycles. The average Bonchev–Trinajstić information content (AvgIpc) is 2.35. The van der Waals surface area contributed by atoms with Crippen LogP contribution < -0.4 is 5.32 Å². The Hall–Kier alpha value is -2.05. The van der Waals surface area contributed by atoms with E-state index in [2.05, 4.69) is 16.4 Å². The summed E-state index contributed by atoms with van der Waals surface area (Å²) in [6.07, 6.45) is 1.67. The number of halogens is 1. The van der Waals surface area contributed by atoms with Gasteiger partial charge in [0.1, 0.15) is 11.9 Å². The number of nitrogens with zero attached hydrogens (tertiary/aromatic N) is 2. The van der Waals surface area contributed by atoms with Gasteiger partial charge >= 0.3 is 0 Å². The van der Waals surface area contributed by atoms with E-state index in [-0.39, 0.29) is 0 Å². The van der Waals surface area contributed by atoms with Gasteiger partial charge in [-0.1, -0.05) is 23.7 Å². The van der Waals surface area contributed by atoms with Crippen LogP contribution in [-0.4, -0.2) is 4.98 Å². The van der Waals surface area contributed by atoms with Gasteiger partial charge in [0.2, 0.25) is 0 Å². The summed E-state index contributed by atoms with van der Waals surface area (Å²) < 4.78 is 0. The smallest absolute Gasteiger partial charge is 0.148 e. The Balaban J connectivity index is 2.44. The van der Waals surface area contributed by atoms with Gasteiger partial charge in [0, 0.05) is 6.20 Å². The summed E-state index contributed by atoms with van der Waals surface area (Å²) in [6, 6.07) is 9.66. The first-order chi connectivity index (χ1) is 8.63. The van der Waals surface area contributed by atoms with E-state index in [9.17, 15) is 0 Å². The predicted molar refractivity (Wildman–Crippen MR) is 73.2 cm³/mol. The molecule has 0 bridgehead atoms. The molecule has 0 amide bonds. The van der Waals surface area contributed by atoms with Crippen molar-refractivity contribution in [3.05, 3.63) is 52.2 Å². The number of aryl methyl sites for hydroxylation is 2. The van der Waals surface area contributed by atoms with Gasteiger partial charge in [0.25, 0.3) is 0 Å². The van der Waals surface area contributed by atoms with E-state index in [1.165, 1.54) is 0 Å². The molecule has 0 radical (unpaired) electrons. The van der Waals surface area contributed by atoms with Crippen molar-refractivity contribution in [2.75, 3.05) is 5.32 Å². The maximum Gasteiger partial charge on any atom is 0.148 e. The van der Waals surface area contributed by atoms with Crippen molar-refractivity contribution in [1.29, 1.82) is 5.26 Å². The summed E-state index contributed by atoms with van der Waals surface area (Å²) in [5, 5.41) is 12.9. The summed E-state index contributed by atoms with van der Waals surface area (Å²) in [5.74, 6) is 0.532. The Morgan fingerprint density at radius 1 is 1.22 bits per heavy atom. The highest BCUT2D eigenvalue weighted by Gasteiger charge is 2.09. The number of benzene rings is 1. The van der Waals surface area contributed by atoms with Crippen LogP contribution in [0.15, 0.2) is 30.5 Å². The topological polar surface area (TPSA) is 48.7 Å². The van der Waals surface area contributed by atoms with E-state index in [0.29, 0.717) is 16.4 Å². The molecular formula is C14H12ClN3. The van der Waals surface area contributed by atoms with E-state index >= 15 is 0 Å². The van der Waals surface area contributed by atoms with Gasteiger partial charge in [-0.2, -0.15) is 5.26 Å². The van der Waals surface area contributed by atoms with Crippen LogP contribution in [0.1, 0.15) is 16.7 Å². The molecule has 2 aromatic rings. The van der Waals surface area contributed by atoms with Crippen molar-refractivity contribution < 1.29 is 0 Å². The fraction of sp³-hybridized carbons (Fsp3) is 0.143. The molecule has 0 aliphatic carbocycles. The van der Waals surface area contributed by atoms with Crippen LogP contribution in [0.5, 0.6) is 0 Å². The number of hydrogen-bond acceptors (Lipinski definition) is 3. The molecule has 1 heterocycles. The van der Waals surface area contributed by atoms with Crippen LogP contribution in [0.3, 0.4) is 0 Å². The molecule has 0 aliphatic heterocycles. The fourth-order valence-electron chi connectivity index (χ4n) is 1.67. The van der Waals surface area contributed by atoms with Gasteiger partial charge in [0.05, 0.1) is 16.3 Å². The third-order valence-electron chi connectivity index (χ3n) is 2.72. The second-order valence-corrected chi connectivity index (χ2v) is 4.40. The molecule has 0 aliphatic rings. The van der Waals surface area contributed by atoms with Gasteiger partial charge in [-0.3, -0.25) is 0 Å². The summed E-state index contributed by atoms with van der Waals surface area (Å²) in [7, 11) is 0. The highest BCUT2D eigenvalue weighted by atomic mass is 35.5. The second kappa shape index (κ2) is 5.07. The predicted octanol–water partition coefficient (Wildman–Crippen LogP) is 3.97. The summed E-state index contributed by atoms with van der Waals surface area (Å²) in [5.41, 5.74) is 3.16. The van der Waals surface area contributed by atoms with E-state index in [1.807, 2.05) is 38.1 Å². The SMILES string of the molecule is Cc1cccc(Nc2nccc(C)c2C#N)c1Cl. The van der Waals surface area contributed by atoms with Crippen LogP contribution in [0.2, 0.25) is 5.02 Å².